The van der Waals surface area contributed by atoms with Gasteiger partial charge in [0, 0.05) is 6.07 Å². The quantitative estimate of drug-likeness (QED) is 0.354. The van der Waals surface area contributed by atoms with Crippen LogP contribution in [0.4, 0.5) is 13.2 Å². The SMILES string of the molecule is COC(=O)c1ccc(-c2c(C(F)(F)F)oc3cc(OCc4ccccc4)ccc3c2=O)cc1. The summed E-state index contributed by atoms with van der Waals surface area (Å²) in [7, 11) is 1.19. The maximum atomic E-state index is 13.8. The van der Waals surface area contributed by atoms with Gasteiger partial charge >= 0.3 is 12.1 Å². The van der Waals surface area contributed by atoms with Crippen LogP contribution in [0.3, 0.4) is 0 Å². The standard InChI is InChI=1S/C25H17F3O5/c1-31-24(30)17-9-7-16(8-10-17)21-22(29)19-12-11-18(32-14-15-5-3-2-4-6-15)13-20(19)33-23(21)25(26,27)28/h2-13H,14H2,1H3. The number of rotatable bonds is 5. The Labute approximate surface area is 186 Å². The molecule has 4 rings (SSSR count). The molecule has 0 aliphatic rings. The minimum absolute atomic E-state index is 0.0258. The van der Waals surface area contributed by atoms with Gasteiger partial charge < -0.3 is 13.9 Å². The van der Waals surface area contributed by atoms with Crippen LogP contribution in [0.5, 0.6) is 5.75 Å². The summed E-state index contributed by atoms with van der Waals surface area (Å²) in [6.07, 6.45) is -4.93. The Kier molecular flexibility index (Phi) is 5.91. The van der Waals surface area contributed by atoms with Gasteiger partial charge in [-0.2, -0.15) is 13.2 Å². The van der Waals surface area contributed by atoms with Gasteiger partial charge in [0.25, 0.3) is 0 Å². The normalized spacial score (nSPS) is 11.4. The monoisotopic (exact) mass is 454 g/mol. The summed E-state index contributed by atoms with van der Waals surface area (Å²) < 4.78 is 56.9. The van der Waals surface area contributed by atoms with Crippen molar-refractivity contribution < 1.29 is 31.9 Å². The maximum absolute atomic E-state index is 13.8. The van der Waals surface area contributed by atoms with Gasteiger partial charge in [0.15, 0.2) is 0 Å². The minimum Gasteiger partial charge on any atom is -0.489 e. The number of esters is 1. The van der Waals surface area contributed by atoms with E-state index in [2.05, 4.69) is 4.74 Å². The van der Waals surface area contributed by atoms with Crippen LogP contribution in [0.1, 0.15) is 21.7 Å². The zero-order chi connectivity index (χ0) is 23.6. The Bertz CT molecular complexity index is 1360. The van der Waals surface area contributed by atoms with Crippen molar-refractivity contribution in [2.24, 2.45) is 0 Å². The fourth-order valence-corrected chi connectivity index (χ4v) is 3.36. The molecule has 0 bridgehead atoms. The van der Waals surface area contributed by atoms with E-state index in [0.717, 1.165) is 5.56 Å². The highest BCUT2D eigenvalue weighted by Gasteiger charge is 2.39. The molecule has 0 aliphatic carbocycles. The third kappa shape index (κ3) is 4.59. The van der Waals surface area contributed by atoms with Crippen LogP contribution >= 0.6 is 0 Å². The molecule has 0 saturated carbocycles. The van der Waals surface area contributed by atoms with E-state index in [4.69, 9.17) is 9.15 Å². The molecule has 0 unspecified atom stereocenters. The number of hydrogen-bond donors (Lipinski definition) is 0. The van der Waals surface area contributed by atoms with Crippen molar-refractivity contribution in [1.29, 1.82) is 0 Å². The molecule has 168 valence electrons. The Balaban J connectivity index is 1.78. The number of methoxy groups -OCH3 is 1. The molecule has 0 aliphatic heterocycles. The molecule has 0 radical (unpaired) electrons. The first kappa shape index (κ1) is 22.1. The molecule has 3 aromatic carbocycles. The molecule has 0 spiro atoms. The highest BCUT2D eigenvalue weighted by atomic mass is 19.4. The van der Waals surface area contributed by atoms with Crippen molar-refractivity contribution in [2.45, 2.75) is 12.8 Å². The van der Waals surface area contributed by atoms with E-state index in [0.29, 0.717) is 0 Å². The summed E-state index contributed by atoms with van der Waals surface area (Å²) >= 11 is 0. The number of carbonyl (C=O) groups excluding carboxylic acids is 1. The van der Waals surface area contributed by atoms with Gasteiger partial charge in [0.2, 0.25) is 11.2 Å². The number of benzene rings is 3. The van der Waals surface area contributed by atoms with E-state index in [1.54, 1.807) is 0 Å². The van der Waals surface area contributed by atoms with Crippen molar-refractivity contribution >= 4 is 16.9 Å². The van der Waals surface area contributed by atoms with Crippen molar-refractivity contribution in [3.05, 3.63) is 99.9 Å². The first-order valence-corrected chi connectivity index (χ1v) is 9.81. The van der Waals surface area contributed by atoms with Crippen molar-refractivity contribution in [3.63, 3.8) is 0 Å². The minimum atomic E-state index is -4.93. The lowest BCUT2D eigenvalue weighted by Crippen LogP contribution is -2.16. The van der Waals surface area contributed by atoms with E-state index in [-0.39, 0.29) is 34.5 Å². The Hall–Kier alpha value is -4.07. The summed E-state index contributed by atoms with van der Waals surface area (Å²) in [6, 6.07) is 18.4. The first-order chi connectivity index (χ1) is 15.8. The first-order valence-electron chi connectivity index (χ1n) is 9.81. The highest BCUT2D eigenvalue weighted by Crippen LogP contribution is 2.38. The smallest absolute Gasteiger partial charge is 0.450 e. The molecular weight excluding hydrogens is 437 g/mol. The van der Waals surface area contributed by atoms with Gasteiger partial charge in [-0.1, -0.05) is 42.5 Å². The molecule has 1 aromatic heterocycles. The molecule has 1 heterocycles. The van der Waals surface area contributed by atoms with Crippen molar-refractivity contribution in [3.8, 4) is 16.9 Å². The zero-order valence-corrected chi connectivity index (χ0v) is 17.3. The third-order valence-corrected chi connectivity index (χ3v) is 4.96. The summed E-state index contributed by atoms with van der Waals surface area (Å²) in [6.45, 7) is 0.202. The molecule has 8 heteroatoms. The number of alkyl halides is 3. The van der Waals surface area contributed by atoms with E-state index in [1.165, 1.54) is 49.6 Å². The fourth-order valence-electron chi connectivity index (χ4n) is 3.36. The molecule has 0 atom stereocenters. The van der Waals surface area contributed by atoms with Gasteiger partial charge in [0.1, 0.15) is 17.9 Å². The largest absolute Gasteiger partial charge is 0.489 e. The second kappa shape index (κ2) is 8.82. The lowest BCUT2D eigenvalue weighted by Gasteiger charge is -2.14. The third-order valence-electron chi connectivity index (χ3n) is 4.96. The second-order valence-electron chi connectivity index (χ2n) is 7.13. The van der Waals surface area contributed by atoms with E-state index in [1.807, 2.05) is 30.3 Å². The molecule has 0 fully saturated rings. The van der Waals surface area contributed by atoms with Crippen LogP contribution in [-0.4, -0.2) is 13.1 Å². The zero-order valence-electron chi connectivity index (χ0n) is 17.3. The van der Waals surface area contributed by atoms with Crippen LogP contribution in [0.25, 0.3) is 22.1 Å². The second-order valence-corrected chi connectivity index (χ2v) is 7.13. The van der Waals surface area contributed by atoms with E-state index >= 15 is 0 Å². The Morgan fingerprint density at radius 2 is 1.67 bits per heavy atom. The lowest BCUT2D eigenvalue weighted by atomic mass is 10.0. The van der Waals surface area contributed by atoms with Gasteiger partial charge in [0.05, 0.1) is 23.6 Å². The van der Waals surface area contributed by atoms with E-state index in [9.17, 15) is 22.8 Å². The number of fused-ring (bicyclic) bond motifs is 1. The van der Waals surface area contributed by atoms with Crippen molar-refractivity contribution in [2.75, 3.05) is 7.11 Å². The average Bonchev–Trinajstić information content (AvgIpc) is 2.82. The molecule has 4 aromatic rings. The number of ether oxygens (including phenoxy) is 2. The number of hydrogen-bond acceptors (Lipinski definition) is 5. The molecule has 5 nitrogen and oxygen atoms in total. The molecule has 0 N–H and O–H groups in total. The summed E-state index contributed by atoms with van der Waals surface area (Å²) in [5.74, 6) is -1.81. The number of carbonyl (C=O) groups is 1. The van der Waals surface area contributed by atoms with Crippen LogP contribution in [0, 0.1) is 0 Å². The number of halogens is 3. The van der Waals surface area contributed by atoms with Gasteiger partial charge in [-0.3, -0.25) is 4.79 Å². The lowest BCUT2D eigenvalue weighted by molar-refractivity contribution is -0.152. The molecule has 33 heavy (non-hydrogen) atoms. The highest BCUT2D eigenvalue weighted by molar-refractivity contribution is 5.90. The van der Waals surface area contributed by atoms with Crippen LogP contribution in [0.15, 0.2) is 82.0 Å². The van der Waals surface area contributed by atoms with Crippen LogP contribution in [0.2, 0.25) is 0 Å². The predicted molar refractivity (Wildman–Crippen MR) is 115 cm³/mol. The average molecular weight is 454 g/mol. The molecule has 0 saturated heterocycles. The van der Waals surface area contributed by atoms with Gasteiger partial charge in [-0.15, -0.1) is 0 Å². The van der Waals surface area contributed by atoms with Crippen LogP contribution in [-0.2, 0) is 17.5 Å². The van der Waals surface area contributed by atoms with Gasteiger partial charge in [-0.25, -0.2) is 4.79 Å². The Morgan fingerprint density at radius 1 is 0.970 bits per heavy atom. The molecule has 0 amide bonds. The summed E-state index contributed by atoms with van der Waals surface area (Å²) in [5.41, 5.74) is -0.739. The maximum Gasteiger partial charge on any atom is 0.450 e. The topological polar surface area (TPSA) is 65.7 Å². The van der Waals surface area contributed by atoms with E-state index < -0.39 is 28.9 Å². The predicted octanol–water partition coefficient (Wildman–Crippen LogP) is 5.84. The van der Waals surface area contributed by atoms with Crippen molar-refractivity contribution in [1.82, 2.24) is 0 Å². The van der Waals surface area contributed by atoms with Gasteiger partial charge in [-0.05, 0) is 35.4 Å². The fraction of sp³-hybridized carbons (Fsp3) is 0.120. The van der Waals surface area contributed by atoms with Crippen LogP contribution < -0.4 is 10.2 Å². The summed E-state index contributed by atoms with van der Waals surface area (Å²) in [4.78, 5) is 24.7. The summed E-state index contributed by atoms with van der Waals surface area (Å²) in [5, 5.41) is -0.0258. The molecular formula is C25H17F3O5. The Morgan fingerprint density at radius 3 is 2.30 bits per heavy atom.